The average Bonchev–Trinajstić information content (AvgIpc) is 2.03. The number of carbonyl (C=O) groups is 1. The Morgan fingerprint density at radius 3 is 2.69 bits per heavy atom. The maximum atomic E-state index is 10.4. The quantitative estimate of drug-likeness (QED) is 0.771. The van der Waals surface area contributed by atoms with Crippen molar-refractivity contribution in [3.63, 3.8) is 0 Å². The molecule has 1 N–H and O–H groups in total. The van der Waals surface area contributed by atoms with Crippen LogP contribution in [0.4, 0.5) is 0 Å². The lowest BCUT2D eigenvalue weighted by Crippen LogP contribution is -2.00. The first-order valence-electron chi connectivity index (χ1n) is 4.40. The molecule has 0 atom stereocenters. The average molecular weight is 178 g/mol. The van der Waals surface area contributed by atoms with E-state index < -0.39 is 5.97 Å². The van der Waals surface area contributed by atoms with Crippen LogP contribution in [-0.4, -0.2) is 11.1 Å². The second-order valence-corrected chi connectivity index (χ2v) is 3.47. The van der Waals surface area contributed by atoms with Crippen molar-refractivity contribution in [1.82, 2.24) is 0 Å². The van der Waals surface area contributed by atoms with Gasteiger partial charge in [0.25, 0.3) is 0 Å². The molecular formula is C11H14O2. The fraction of sp³-hybridized carbons (Fsp3) is 0.364. The Hall–Kier alpha value is -1.31. The minimum atomic E-state index is -0.777. The van der Waals surface area contributed by atoms with Crippen LogP contribution in [0, 0.1) is 0 Å². The molecule has 1 rings (SSSR count). The molecule has 13 heavy (non-hydrogen) atoms. The Labute approximate surface area is 78.2 Å². The van der Waals surface area contributed by atoms with Crippen molar-refractivity contribution in [3.8, 4) is 0 Å². The minimum absolute atomic E-state index is 0.112. The topological polar surface area (TPSA) is 37.3 Å². The third-order valence-electron chi connectivity index (χ3n) is 1.97. The van der Waals surface area contributed by atoms with Crippen LogP contribution in [0.15, 0.2) is 24.3 Å². The van der Waals surface area contributed by atoms with Gasteiger partial charge in [0.05, 0.1) is 6.42 Å². The Balaban J connectivity index is 2.85. The lowest BCUT2D eigenvalue weighted by Gasteiger charge is -2.06. The Morgan fingerprint density at radius 2 is 2.15 bits per heavy atom. The summed E-state index contributed by atoms with van der Waals surface area (Å²) in [6.45, 7) is 4.19. The van der Waals surface area contributed by atoms with Crippen molar-refractivity contribution in [2.24, 2.45) is 0 Å². The first kappa shape index (κ1) is 9.78. The number of hydrogen-bond acceptors (Lipinski definition) is 1. The van der Waals surface area contributed by atoms with Gasteiger partial charge in [-0.25, -0.2) is 0 Å². The lowest BCUT2D eigenvalue weighted by atomic mass is 10.00. The Kier molecular flexibility index (Phi) is 3.07. The summed E-state index contributed by atoms with van der Waals surface area (Å²) in [6.07, 6.45) is 0.112. The number of carboxylic acids is 1. The van der Waals surface area contributed by atoms with Crippen LogP contribution in [0.25, 0.3) is 0 Å². The first-order valence-corrected chi connectivity index (χ1v) is 4.40. The number of carboxylic acid groups (broad SMARTS) is 1. The van der Waals surface area contributed by atoms with Crippen molar-refractivity contribution in [3.05, 3.63) is 35.4 Å². The predicted molar refractivity (Wildman–Crippen MR) is 51.9 cm³/mol. The molecule has 0 aliphatic heterocycles. The van der Waals surface area contributed by atoms with Gasteiger partial charge in [-0.2, -0.15) is 0 Å². The summed E-state index contributed by atoms with van der Waals surface area (Å²) in [5, 5.41) is 8.60. The zero-order chi connectivity index (χ0) is 9.84. The summed E-state index contributed by atoms with van der Waals surface area (Å²) in [4.78, 5) is 10.4. The summed E-state index contributed by atoms with van der Waals surface area (Å²) in [6, 6.07) is 7.74. The molecular weight excluding hydrogens is 164 g/mol. The monoisotopic (exact) mass is 178 g/mol. The van der Waals surface area contributed by atoms with Crippen LogP contribution in [0.2, 0.25) is 0 Å². The van der Waals surface area contributed by atoms with E-state index in [4.69, 9.17) is 5.11 Å². The smallest absolute Gasteiger partial charge is 0.307 e. The number of hydrogen-bond donors (Lipinski definition) is 1. The normalized spacial score (nSPS) is 10.4. The zero-order valence-electron chi connectivity index (χ0n) is 7.95. The lowest BCUT2D eigenvalue weighted by molar-refractivity contribution is -0.136. The van der Waals surface area contributed by atoms with Crippen LogP contribution in [-0.2, 0) is 11.2 Å². The van der Waals surface area contributed by atoms with Crippen LogP contribution in [0.1, 0.15) is 30.9 Å². The Bertz CT molecular complexity index is 303. The SMILES string of the molecule is CC(C)c1cccc(CC(=O)O)c1. The van der Waals surface area contributed by atoms with E-state index in [0.717, 1.165) is 5.56 Å². The standard InChI is InChI=1S/C11H14O2/c1-8(2)10-5-3-4-9(6-10)7-11(12)13/h3-6,8H,7H2,1-2H3,(H,12,13). The Morgan fingerprint density at radius 1 is 1.46 bits per heavy atom. The number of rotatable bonds is 3. The molecule has 2 heteroatoms. The molecule has 0 bridgehead atoms. The van der Waals surface area contributed by atoms with E-state index in [-0.39, 0.29) is 6.42 Å². The van der Waals surface area contributed by atoms with Gasteiger partial charge in [0.1, 0.15) is 0 Å². The van der Waals surface area contributed by atoms with Gasteiger partial charge >= 0.3 is 5.97 Å². The van der Waals surface area contributed by atoms with Gasteiger partial charge in [0, 0.05) is 0 Å². The third kappa shape index (κ3) is 2.90. The maximum Gasteiger partial charge on any atom is 0.307 e. The summed E-state index contributed by atoms with van der Waals surface area (Å²) >= 11 is 0. The number of aliphatic carboxylic acids is 1. The van der Waals surface area contributed by atoms with Gasteiger partial charge in [0.2, 0.25) is 0 Å². The van der Waals surface area contributed by atoms with Crippen molar-refractivity contribution in [1.29, 1.82) is 0 Å². The van der Waals surface area contributed by atoms with E-state index in [1.807, 2.05) is 24.3 Å². The van der Waals surface area contributed by atoms with Gasteiger partial charge in [0.15, 0.2) is 0 Å². The van der Waals surface area contributed by atoms with E-state index in [0.29, 0.717) is 5.92 Å². The summed E-state index contributed by atoms with van der Waals surface area (Å²) in [5.41, 5.74) is 2.07. The molecule has 0 aromatic heterocycles. The van der Waals surface area contributed by atoms with Crippen LogP contribution in [0.3, 0.4) is 0 Å². The van der Waals surface area contributed by atoms with Gasteiger partial charge in [-0.05, 0) is 17.0 Å². The fourth-order valence-corrected chi connectivity index (χ4v) is 1.24. The highest BCUT2D eigenvalue weighted by Gasteiger charge is 2.03. The van der Waals surface area contributed by atoms with Gasteiger partial charge < -0.3 is 5.11 Å². The van der Waals surface area contributed by atoms with E-state index in [1.54, 1.807) is 0 Å². The molecule has 0 aliphatic rings. The summed E-state index contributed by atoms with van der Waals surface area (Å²) < 4.78 is 0. The van der Waals surface area contributed by atoms with Crippen molar-refractivity contribution in [2.75, 3.05) is 0 Å². The van der Waals surface area contributed by atoms with Crippen molar-refractivity contribution >= 4 is 5.97 Å². The molecule has 0 heterocycles. The highest BCUT2D eigenvalue weighted by atomic mass is 16.4. The molecule has 0 spiro atoms. The van der Waals surface area contributed by atoms with Crippen LogP contribution < -0.4 is 0 Å². The van der Waals surface area contributed by atoms with E-state index in [2.05, 4.69) is 13.8 Å². The minimum Gasteiger partial charge on any atom is -0.481 e. The highest BCUT2D eigenvalue weighted by molar-refractivity contribution is 5.70. The third-order valence-corrected chi connectivity index (χ3v) is 1.97. The molecule has 0 saturated heterocycles. The van der Waals surface area contributed by atoms with Gasteiger partial charge in [-0.15, -0.1) is 0 Å². The van der Waals surface area contributed by atoms with E-state index in [9.17, 15) is 4.79 Å². The molecule has 2 nitrogen and oxygen atoms in total. The molecule has 70 valence electrons. The molecule has 0 unspecified atom stereocenters. The molecule has 1 aromatic carbocycles. The molecule has 0 aliphatic carbocycles. The van der Waals surface area contributed by atoms with Gasteiger partial charge in [-0.3, -0.25) is 4.79 Å². The number of benzene rings is 1. The maximum absolute atomic E-state index is 10.4. The predicted octanol–water partition coefficient (Wildman–Crippen LogP) is 2.44. The highest BCUT2D eigenvalue weighted by Crippen LogP contribution is 2.15. The molecule has 0 radical (unpaired) electrons. The van der Waals surface area contributed by atoms with Crippen LogP contribution >= 0.6 is 0 Å². The second kappa shape index (κ2) is 4.08. The summed E-state index contributed by atoms with van der Waals surface area (Å²) in [5.74, 6) is -0.324. The molecule has 1 aromatic rings. The van der Waals surface area contributed by atoms with E-state index in [1.165, 1.54) is 5.56 Å². The fourth-order valence-electron chi connectivity index (χ4n) is 1.24. The van der Waals surface area contributed by atoms with E-state index >= 15 is 0 Å². The zero-order valence-corrected chi connectivity index (χ0v) is 7.95. The second-order valence-electron chi connectivity index (χ2n) is 3.47. The molecule has 0 amide bonds. The largest absolute Gasteiger partial charge is 0.481 e. The molecule has 0 fully saturated rings. The first-order chi connectivity index (χ1) is 6.09. The summed E-state index contributed by atoms with van der Waals surface area (Å²) in [7, 11) is 0. The molecule has 0 saturated carbocycles. The van der Waals surface area contributed by atoms with Crippen molar-refractivity contribution < 1.29 is 9.90 Å². The van der Waals surface area contributed by atoms with Crippen molar-refractivity contribution in [2.45, 2.75) is 26.2 Å². The van der Waals surface area contributed by atoms with Gasteiger partial charge in [-0.1, -0.05) is 38.1 Å². The van der Waals surface area contributed by atoms with Crippen LogP contribution in [0.5, 0.6) is 0 Å².